The van der Waals surface area contributed by atoms with E-state index in [2.05, 4.69) is 53.0 Å². The Balaban J connectivity index is 2.26. The topological polar surface area (TPSA) is 88.0 Å². The number of aromatic hydroxyl groups is 1. The van der Waals surface area contributed by atoms with Crippen molar-refractivity contribution < 1.29 is 24.2 Å². The third-order valence-corrected chi connectivity index (χ3v) is 11.1. The second kappa shape index (κ2) is 11.0. The highest BCUT2D eigenvalue weighted by molar-refractivity contribution is 6.74. The number of esters is 1. The molecule has 0 aliphatic rings. The summed E-state index contributed by atoms with van der Waals surface area (Å²) in [6.45, 7) is 15.6. The van der Waals surface area contributed by atoms with E-state index in [1.807, 2.05) is 30.3 Å². The zero-order valence-electron chi connectivity index (χ0n) is 21.9. The first-order valence-corrected chi connectivity index (χ1v) is 14.6. The molecular formula is C27H41NO5Si. The molecule has 0 aliphatic carbocycles. The molecule has 7 heteroatoms. The second-order valence-corrected chi connectivity index (χ2v) is 15.8. The van der Waals surface area contributed by atoms with E-state index in [4.69, 9.17) is 9.16 Å². The molecule has 0 heterocycles. The largest absolute Gasteiger partial charge is 0.508 e. The molecule has 2 aromatic carbocycles. The van der Waals surface area contributed by atoms with Gasteiger partial charge in [0.15, 0.2) is 8.32 Å². The number of methoxy groups -OCH3 is 1. The molecule has 0 amide bonds. The van der Waals surface area contributed by atoms with Crippen molar-refractivity contribution in [3.63, 3.8) is 0 Å². The summed E-state index contributed by atoms with van der Waals surface area (Å²) < 4.78 is 11.6. The summed E-state index contributed by atoms with van der Waals surface area (Å²) in [6, 6.07) is 12.8. The molecular weight excluding hydrogens is 446 g/mol. The first-order chi connectivity index (χ1) is 15.7. The maximum Gasteiger partial charge on any atom is 0.337 e. The number of rotatable bonds is 10. The van der Waals surface area contributed by atoms with Crippen LogP contribution in [0.5, 0.6) is 5.75 Å². The highest BCUT2D eigenvalue weighted by Gasteiger charge is 2.39. The van der Waals surface area contributed by atoms with Gasteiger partial charge < -0.3 is 24.7 Å². The van der Waals surface area contributed by atoms with Crippen LogP contribution in [0.2, 0.25) is 18.1 Å². The van der Waals surface area contributed by atoms with E-state index in [1.165, 1.54) is 7.11 Å². The fraction of sp³-hybridized carbons (Fsp3) is 0.519. The standard InChI is InChI=1S/C27H41NO5Si/c1-26(2,3)34(7,8)33-24(20-12-13-23(30)22(15-20)18-29)17-28-27(4,5)16-19-10-9-11-21(14-19)25(31)32-6/h9-15,24,28-30H,16-18H2,1-8H3/t24-/m0/s1. The van der Waals surface area contributed by atoms with Gasteiger partial charge in [0.2, 0.25) is 0 Å². The lowest BCUT2D eigenvalue weighted by Crippen LogP contribution is -2.47. The van der Waals surface area contributed by atoms with Gasteiger partial charge in [0.05, 0.1) is 25.4 Å². The van der Waals surface area contributed by atoms with Crippen LogP contribution in [0.1, 0.15) is 67.8 Å². The molecule has 0 aromatic heterocycles. The fourth-order valence-electron chi connectivity index (χ4n) is 3.56. The molecule has 2 aromatic rings. The van der Waals surface area contributed by atoms with Crippen molar-refractivity contribution in [2.45, 2.75) is 77.4 Å². The Kier molecular flexibility index (Phi) is 9.10. The van der Waals surface area contributed by atoms with Crippen molar-refractivity contribution >= 4 is 14.3 Å². The van der Waals surface area contributed by atoms with Crippen molar-refractivity contribution in [2.24, 2.45) is 0 Å². The first kappa shape index (κ1) is 28.0. The predicted molar refractivity (Wildman–Crippen MR) is 139 cm³/mol. The van der Waals surface area contributed by atoms with E-state index < -0.39 is 8.32 Å². The Morgan fingerprint density at radius 2 is 1.76 bits per heavy atom. The minimum atomic E-state index is -2.10. The molecule has 2 rings (SSSR count). The zero-order chi connectivity index (χ0) is 25.7. The number of hydrogen-bond acceptors (Lipinski definition) is 6. The van der Waals surface area contributed by atoms with Gasteiger partial charge in [-0.1, -0.05) is 39.0 Å². The molecule has 0 saturated heterocycles. The molecule has 0 unspecified atom stereocenters. The van der Waals surface area contributed by atoms with Crippen LogP contribution in [0, 0.1) is 0 Å². The minimum absolute atomic E-state index is 0.0336. The molecule has 6 nitrogen and oxygen atoms in total. The summed E-state index contributed by atoms with van der Waals surface area (Å²) >= 11 is 0. The van der Waals surface area contributed by atoms with E-state index in [0.29, 0.717) is 24.1 Å². The molecule has 3 N–H and O–H groups in total. The first-order valence-electron chi connectivity index (χ1n) is 11.7. The van der Waals surface area contributed by atoms with Crippen molar-refractivity contribution in [1.29, 1.82) is 0 Å². The second-order valence-electron chi connectivity index (χ2n) is 11.0. The minimum Gasteiger partial charge on any atom is -0.508 e. The van der Waals surface area contributed by atoms with Crippen LogP contribution in [0.4, 0.5) is 0 Å². The summed E-state index contributed by atoms with van der Waals surface area (Å²) in [5, 5.41) is 23.4. The van der Waals surface area contributed by atoms with E-state index >= 15 is 0 Å². The Labute approximate surface area is 205 Å². The van der Waals surface area contributed by atoms with E-state index in [0.717, 1.165) is 11.1 Å². The van der Waals surface area contributed by atoms with Crippen LogP contribution in [0.25, 0.3) is 0 Å². The van der Waals surface area contributed by atoms with Crippen LogP contribution in [-0.2, 0) is 22.2 Å². The quantitative estimate of drug-likeness (QED) is 0.309. The number of phenols is 1. The van der Waals surface area contributed by atoms with Gasteiger partial charge in [-0.25, -0.2) is 4.79 Å². The highest BCUT2D eigenvalue weighted by Crippen LogP contribution is 2.40. The van der Waals surface area contributed by atoms with Gasteiger partial charge in [0.25, 0.3) is 0 Å². The van der Waals surface area contributed by atoms with Crippen LogP contribution in [0.15, 0.2) is 42.5 Å². The Bertz CT molecular complexity index is 981. The van der Waals surface area contributed by atoms with Crippen LogP contribution in [0.3, 0.4) is 0 Å². The summed E-state index contributed by atoms with van der Waals surface area (Å²) in [7, 11) is -0.720. The number of carbonyl (C=O) groups is 1. The maximum atomic E-state index is 11.9. The van der Waals surface area contributed by atoms with Gasteiger partial charge in [-0.2, -0.15) is 0 Å². The lowest BCUT2D eigenvalue weighted by molar-refractivity contribution is 0.0600. The van der Waals surface area contributed by atoms with Gasteiger partial charge in [0.1, 0.15) is 5.75 Å². The Morgan fingerprint density at radius 1 is 1.09 bits per heavy atom. The van der Waals surface area contributed by atoms with Gasteiger partial charge in [0, 0.05) is 17.6 Å². The van der Waals surface area contributed by atoms with Crippen molar-refractivity contribution in [3.05, 3.63) is 64.7 Å². The maximum absolute atomic E-state index is 11.9. The van der Waals surface area contributed by atoms with Crippen LogP contribution >= 0.6 is 0 Å². The number of benzene rings is 2. The van der Waals surface area contributed by atoms with Gasteiger partial charge in [-0.15, -0.1) is 0 Å². The smallest absolute Gasteiger partial charge is 0.337 e. The number of aliphatic hydroxyl groups is 1. The lowest BCUT2D eigenvalue weighted by atomic mass is 9.93. The number of ether oxygens (including phenoxy) is 1. The molecule has 0 bridgehead atoms. The molecule has 0 spiro atoms. The molecule has 0 radical (unpaired) electrons. The van der Waals surface area contributed by atoms with Crippen molar-refractivity contribution in [3.8, 4) is 5.75 Å². The molecule has 188 valence electrons. The van der Waals surface area contributed by atoms with Crippen LogP contribution < -0.4 is 5.32 Å². The molecule has 34 heavy (non-hydrogen) atoms. The average molecular weight is 488 g/mol. The van der Waals surface area contributed by atoms with Crippen molar-refractivity contribution in [2.75, 3.05) is 13.7 Å². The van der Waals surface area contributed by atoms with Crippen LogP contribution in [-0.4, -0.2) is 43.7 Å². The van der Waals surface area contributed by atoms with E-state index in [-0.39, 0.29) is 35.0 Å². The summed E-state index contributed by atoms with van der Waals surface area (Å²) in [4.78, 5) is 11.9. The Hall–Kier alpha value is -2.19. The summed E-state index contributed by atoms with van der Waals surface area (Å²) in [6.07, 6.45) is 0.467. The molecule has 0 aliphatic heterocycles. The van der Waals surface area contributed by atoms with Gasteiger partial charge in [-0.3, -0.25) is 0 Å². The third kappa shape index (κ3) is 7.40. The summed E-state index contributed by atoms with van der Waals surface area (Å²) in [5.41, 5.74) is 2.70. The average Bonchev–Trinajstić information content (AvgIpc) is 2.75. The number of hydrogen-bond donors (Lipinski definition) is 3. The molecule has 0 saturated carbocycles. The monoisotopic (exact) mass is 487 g/mol. The third-order valence-electron chi connectivity index (χ3n) is 6.65. The normalized spacial score (nSPS) is 13.6. The van der Waals surface area contributed by atoms with E-state index in [1.54, 1.807) is 12.1 Å². The Morgan fingerprint density at radius 3 is 2.35 bits per heavy atom. The highest BCUT2D eigenvalue weighted by atomic mass is 28.4. The van der Waals surface area contributed by atoms with Gasteiger partial charge >= 0.3 is 5.97 Å². The molecule has 1 atom stereocenters. The zero-order valence-corrected chi connectivity index (χ0v) is 22.9. The number of nitrogens with one attached hydrogen (secondary N) is 1. The SMILES string of the molecule is COC(=O)c1cccc(CC(C)(C)NC[C@H](O[Si](C)(C)C(C)(C)C)c2ccc(O)c(CO)c2)c1. The number of carbonyl (C=O) groups excluding carboxylic acids is 1. The van der Waals surface area contributed by atoms with E-state index in [9.17, 15) is 15.0 Å². The predicted octanol–water partition coefficient (Wildman–Crippen LogP) is 5.34. The fourth-order valence-corrected chi connectivity index (χ4v) is 4.84. The van der Waals surface area contributed by atoms with Crippen molar-refractivity contribution in [1.82, 2.24) is 5.32 Å². The lowest BCUT2D eigenvalue weighted by Gasteiger charge is -2.40. The molecule has 0 fully saturated rings. The summed E-state index contributed by atoms with van der Waals surface area (Å²) in [5.74, 6) is -0.265. The number of aliphatic hydroxyl groups excluding tert-OH is 1. The van der Waals surface area contributed by atoms with Gasteiger partial charge in [-0.05, 0) is 73.8 Å².